The zero-order valence-electron chi connectivity index (χ0n) is 10.9. The number of carboxylic acid groups (broad SMARTS) is 1. The molecule has 0 bridgehead atoms. The van der Waals surface area contributed by atoms with Crippen LogP contribution in [0.25, 0.3) is 16.3 Å². The van der Waals surface area contributed by atoms with E-state index in [4.69, 9.17) is 10.8 Å². The summed E-state index contributed by atoms with van der Waals surface area (Å²) in [7, 11) is 0. The SMILES string of the molecule is NC(C(=O)O)c1csc(-c2cnn(-c3ccccc3)c2)n1. The molecule has 3 aromatic rings. The molecule has 0 fully saturated rings. The van der Waals surface area contributed by atoms with Crippen molar-refractivity contribution in [3.63, 3.8) is 0 Å². The van der Waals surface area contributed by atoms with Crippen molar-refractivity contribution in [3.05, 3.63) is 53.8 Å². The third-order valence-electron chi connectivity index (χ3n) is 2.96. The number of nitrogens with two attached hydrogens (primary N) is 1. The van der Waals surface area contributed by atoms with Gasteiger partial charge in [0.05, 0.1) is 17.6 Å². The largest absolute Gasteiger partial charge is 0.480 e. The standard InChI is InChI=1S/C14H12N4O2S/c15-12(14(19)20)11-8-21-13(17-11)9-6-16-18(7-9)10-4-2-1-3-5-10/h1-8,12H,15H2,(H,19,20). The Morgan fingerprint density at radius 2 is 2.10 bits per heavy atom. The minimum atomic E-state index is -1.10. The molecule has 2 heterocycles. The lowest BCUT2D eigenvalue weighted by molar-refractivity contribution is -0.138. The van der Waals surface area contributed by atoms with Gasteiger partial charge in [-0.05, 0) is 12.1 Å². The maximum atomic E-state index is 10.9. The molecule has 0 saturated carbocycles. The highest BCUT2D eigenvalue weighted by molar-refractivity contribution is 7.13. The van der Waals surface area contributed by atoms with Gasteiger partial charge in [-0.2, -0.15) is 5.10 Å². The van der Waals surface area contributed by atoms with Crippen molar-refractivity contribution in [2.24, 2.45) is 5.73 Å². The van der Waals surface area contributed by atoms with Gasteiger partial charge in [0, 0.05) is 17.1 Å². The van der Waals surface area contributed by atoms with Crippen molar-refractivity contribution in [2.45, 2.75) is 6.04 Å². The molecule has 1 unspecified atom stereocenters. The summed E-state index contributed by atoms with van der Waals surface area (Å²) in [6.45, 7) is 0. The first-order valence-electron chi connectivity index (χ1n) is 6.19. The normalized spacial score (nSPS) is 12.2. The summed E-state index contributed by atoms with van der Waals surface area (Å²) in [6, 6.07) is 8.61. The van der Waals surface area contributed by atoms with E-state index in [9.17, 15) is 4.79 Å². The fourth-order valence-corrected chi connectivity index (χ4v) is 2.67. The van der Waals surface area contributed by atoms with E-state index in [1.807, 2.05) is 36.5 Å². The molecule has 0 aliphatic heterocycles. The van der Waals surface area contributed by atoms with Gasteiger partial charge in [0.15, 0.2) is 0 Å². The van der Waals surface area contributed by atoms with Crippen molar-refractivity contribution in [2.75, 3.05) is 0 Å². The number of nitrogens with zero attached hydrogens (tertiary/aromatic N) is 3. The lowest BCUT2D eigenvalue weighted by Crippen LogP contribution is -2.20. The van der Waals surface area contributed by atoms with Gasteiger partial charge in [0.25, 0.3) is 0 Å². The van der Waals surface area contributed by atoms with E-state index in [-0.39, 0.29) is 0 Å². The Labute approximate surface area is 124 Å². The molecular formula is C14H12N4O2S. The van der Waals surface area contributed by atoms with Crippen LogP contribution in [0.3, 0.4) is 0 Å². The number of para-hydroxylation sites is 1. The lowest BCUT2D eigenvalue weighted by atomic mass is 10.2. The number of thiazole rings is 1. The maximum Gasteiger partial charge on any atom is 0.326 e. The van der Waals surface area contributed by atoms with Crippen LogP contribution in [0.5, 0.6) is 0 Å². The molecule has 3 N–H and O–H groups in total. The third kappa shape index (κ3) is 2.69. The first-order valence-corrected chi connectivity index (χ1v) is 7.07. The number of hydrogen-bond acceptors (Lipinski definition) is 5. The Bertz CT molecular complexity index is 766. The predicted octanol–water partition coefficient (Wildman–Crippen LogP) is 2.08. The summed E-state index contributed by atoms with van der Waals surface area (Å²) in [5.74, 6) is -1.09. The van der Waals surface area contributed by atoms with E-state index in [2.05, 4.69) is 10.1 Å². The van der Waals surface area contributed by atoms with Crippen molar-refractivity contribution < 1.29 is 9.90 Å². The molecule has 0 radical (unpaired) electrons. The Kier molecular flexibility index (Phi) is 3.51. The van der Waals surface area contributed by atoms with E-state index in [1.165, 1.54) is 11.3 Å². The quantitative estimate of drug-likeness (QED) is 0.769. The summed E-state index contributed by atoms with van der Waals surface area (Å²) in [4.78, 5) is 15.1. The van der Waals surface area contributed by atoms with E-state index in [0.717, 1.165) is 11.3 Å². The molecule has 2 aromatic heterocycles. The average molecular weight is 300 g/mol. The minimum Gasteiger partial charge on any atom is -0.480 e. The summed E-state index contributed by atoms with van der Waals surface area (Å²) >= 11 is 1.35. The zero-order chi connectivity index (χ0) is 14.8. The van der Waals surface area contributed by atoms with Crippen molar-refractivity contribution >= 4 is 17.3 Å². The van der Waals surface area contributed by atoms with E-state index in [0.29, 0.717) is 10.7 Å². The number of rotatable bonds is 4. The van der Waals surface area contributed by atoms with E-state index >= 15 is 0 Å². The van der Waals surface area contributed by atoms with Crippen LogP contribution in [0.4, 0.5) is 0 Å². The minimum absolute atomic E-state index is 0.356. The summed E-state index contributed by atoms with van der Waals surface area (Å²) in [6.07, 6.45) is 3.55. The molecule has 0 aliphatic carbocycles. The van der Waals surface area contributed by atoms with Crippen LogP contribution in [-0.4, -0.2) is 25.8 Å². The zero-order valence-corrected chi connectivity index (χ0v) is 11.7. The predicted molar refractivity (Wildman–Crippen MR) is 79.2 cm³/mol. The van der Waals surface area contributed by atoms with Crippen LogP contribution in [0.15, 0.2) is 48.1 Å². The first kappa shape index (κ1) is 13.5. The fourth-order valence-electron chi connectivity index (χ4n) is 1.84. The second kappa shape index (κ2) is 5.47. The van der Waals surface area contributed by atoms with Gasteiger partial charge in [0.2, 0.25) is 0 Å². The third-order valence-corrected chi connectivity index (χ3v) is 3.87. The molecule has 7 heteroatoms. The van der Waals surface area contributed by atoms with Crippen molar-refractivity contribution in [1.82, 2.24) is 14.8 Å². The van der Waals surface area contributed by atoms with Crippen molar-refractivity contribution in [3.8, 4) is 16.3 Å². The number of carbonyl (C=O) groups is 1. The van der Waals surface area contributed by atoms with Crippen LogP contribution in [-0.2, 0) is 4.79 Å². The molecule has 6 nitrogen and oxygen atoms in total. The van der Waals surface area contributed by atoms with Crippen LogP contribution in [0.2, 0.25) is 0 Å². The summed E-state index contributed by atoms with van der Waals surface area (Å²) < 4.78 is 1.74. The second-order valence-electron chi connectivity index (χ2n) is 4.40. The Hall–Kier alpha value is -2.51. The van der Waals surface area contributed by atoms with Gasteiger partial charge >= 0.3 is 5.97 Å². The lowest BCUT2D eigenvalue weighted by Gasteiger charge is -2.00. The van der Waals surface area contributed by atoms with Gasteiger partial charge in [-0.3, -0.25) is 4.79 Å². The highest BCUT2D eigenvalue weighted by atomic mass is 32.1. The first-order chi connectivity index (χ1) is 10.1. The molecule has 0 amide bonds. The monoisotopic (exact) mass is 300 g/mol. The summed E-state index contributed by atoms with van der Waals surface area (Å²) in [5.41, 5.74) is 7.68. The topological polar surface area (TPSA) is 94.0 Å². The van der Waals surface area contributed by atoms with Gasteiger partial charge in [-0.1, -0.05) is 18.2 Å². The van der Waals surface area contributed by atoms with Crippen LogP contribution >= 0.6 is 11.3 Å². The van der Waals surface area contributed by atoms with Gasteiger partial charge in [-0.25, -0.2) is 9.67 Å². The molecule has 21 heavy (non-hydrogen) atoms. The Morgan fingerprint density at radius 3 is 2.81 bits per heavy atom. The van der Waals surface area contributed by atoms with Gasteiger partial charge in [-0.15, -0.1) is 11.3 Å². The molecule has 0 aliphatic rings. The van der Waals surface area contributed by atoms with E-state index < -0.39 is 12.0 Å². The number of carboxylic acids is 1. The summed E-state index contributed by atoms with van der Waals surface area (Å²) in [5, 5.41) is 15.5. The molecular weight excluding hydrogens is 288 g/mol. The van der Waals surface area contributed by atoms with Gasteiger partial charge in [0.1, 0.15) is 11.0 Å². The Balaban J connectivity index is 1.89. The average Bonchev–Trinajstić information content (AvgIpc) is 3.16. The molecule has 0 spiro atoms. The molecule has 3 rings (SSSR count). The maximum absolute atomic E-state index is 10.9. The van der Waals surface area contributed by atoms with Crippen LogP contribution in [0, 0.1) is 0 Å². The molecule has 0 saturated heterocycles. The fraction of sp³-hybridized carbons (Fsp3) is 0.0714. The van der Waals surface area contributed by atoms with Crippen LogP contribution < -0.4 is 5.73 Å². The molecule has 1 atom stereocenters. The number of aliphatic carboxylic acids is 1. The van der Waals surface area contributed by atoms with Crippen LogP contribution in [0.1, 0.15) is 11.7 Å². The molecule has 1 aromatic carbocycles. The molecule has 106 valence electrons. The van der Waals surface area contributed by atoms with Gasteiger partial charge < -0.3 is 10.8 Å². The second-order valence-corrected chi connectivity index (χ2v) is 5.26. The highest BCUT2D eigenvalue weighted by Gasteiger charge is 2.18. The van der Waals surface area contributed by atoms with Crippen molar-refractivity contribution in [1.29, 1.82) is 0 Å². The smallest absolute Gasteiger partial charge is 0.326 e. The number of benzene rings is 1. The Morgan fingerprint density at radius 1 is 1.33 bits per heavy atom. The van der Waals surface area contributed by atoms with E-state index in [1.54, 1.807) is 16.3 Å². The number of aromatic nitrogens is 3. The highest BCUT2D eigenvalue weighted by Crippen LogP contribution is 2.26. The number of hydrogen-bond donors (Lipinski definition) is 2.